The Balaban J connectivity index is 1.62. The maximum atomic E-state index is 12.8. The number of carbonyl (C=O) groups excluding carboxylic acids is 1. The zero-order valence-corrected chi connectivity index (χ0v) is 15.1. The van der Waals surface area contributed by atoms with Gasteiger partial charge in [0.1, 0.15) is 0 Å². The molecule has 0 radical (unpaired) electrons. The molecule has 2 aliphatic heterocycles. The van der Waals surface area contributed by atoms with Crippen molar-refractivity contribution in [3.8, 4) is 0 Å². The van der Waals surface area contributed by atoms with Crippen LogP contribution < -0.4 is 0 Å². The first-order valence-electron chi connectivity index (χ1n) is 9.26. The van der Waals surface area contributed by atoms with Crippen molar-refractivity contribution in [2.45, 2.75) is 63.5 Å². The molecule has 0 aromatic carbocycles. The summed E-state index contributed by atoms with van der Waals surface area (Å²) >= 11 is 0. The monoisotopic (exact) mass is 342 g/mol. The van der Waals surface area contributed by atoms with Crippen LogP contribution >= 0.6 is 0 Å². The zero-order chi connectivity index (χ0) is 16.4. The summed E-state index contributed by atoms with van der Waals surface area (Å²) in [6.45, 7) is 4.92. The summed E-state index contributed by atoms with van der Waals surface area (Å²) in [6, 6.07) is 0. The van der Waals surface area contributed by atoms with E-state index in [1.165, 1.54) is 0 Å². The molecule has 0 spiro atoms. The van der Waals surface area contributed by atoms with Crippen LogP contribution in [0.2, 0.25) is 0 Å². The average molecular weight is 343 g/mol. The van der Waals surface area contributed by atoms with E-state index in [9.17, 15) is 13.2 Å². The average Bonchev–Trinajstić information content (AvgIpc) is 3.10. The van der Waals surface area contributed by atoms with E-state index >= 15 is 0 Å². The van der Waals surface area contributed by atoms with Crippen LogP contribution in [0.3, 0.4) is 0 Å². The highest BCUT2D eigenvalue weighted by Crippen LogP contribution is 2.30. The first-order valence-corrected chi connectivity index (χ1v) is 10.8. The topological polar surface area (TPSA) is 57.7 Å². The minimum atomic E-state index is -3.21. The Bertz CT molecular complexity index is 520. The van der Waals surface area contributed by atoms with Gasteiger partial charge in [-0.25, -0.2) is 12.7 Å². The van der Waals surface area contributed by atoms with Gasteiger partial charge in [-0.15, -0.1) is 0 Å². The predicted octanol–water partition coefficient (Wildman–Crippen LogP) is 2.23. The van der Waals surface area contributed by atoms with Crippen molar-refractivity contribution in [2.24, 2.45) is 11.8 Å². The standard InChI is InChI=1S/C17H30N2O3S/c1-14-8-11-18(12-9-14)17(20)15-5-4-10-19(13-15)23(21,22)16-6-2-3-7-16/h14-16H,2-13H2,1H3. The van der Waals surface area contributed by atoms with Crippen LogP contribution in [-0.4, -0.2) is 55.0 Å². The highest BCUT2D eigenvalue weighted by Gasteiger charge is 2.39. The number of carbonyl (C=O) groups is 1. The Kier molecular flexibility index (Phi) is 5.31. The van der Waals surface area contributed by atoms with Gasteiger partial charge >= 0.3 is 0 Å². The Morgan fingerprint density at radius 2 is 1.57 bits per heavy atom. The molecule has 132 valence electrons. The molecule has 3 aliphatic rings. The number of amides is 1. The minimum Gasteiger partial charge on any atom is -0.342 e. The number of hydrogen-bond donors (Lipinski definition) is 0. The molecule has 0 N–H and O–H groups in total. The van der Waals surface area contributed by atoms with Crippen molar-refractivity contribution in [1.29, 1.82) is 0 Å². The lowest BCUT2D eigenvalue weighted by molar-refractivity contribution is -0.138. The number of likely N-dealkylation sites (tertiary alicyclic amines) is 1. The minimum absolute atomic E-state index is 0.131. The second kappa shape index (κ2) is 7.09. The highest BCUT2D eigenvalue weighted by molar-refractivity contribution is 7.89. The fourth-order valence-electron chi connectivity index (χ4n) is 4.26. The first kappa shape index (κ1) is 17.2. The fraction of sp³-hybridized carbons (Fsp3) is 0.941. The Hall–Kier alpha value is -0.620. The zero-order valence-electron chi connectivity index (χ0n) is 14.2. The van der Waals surface area contributed by atoms with E-state index in [1.807, 2.05) is 4.90 Å². The van der Waals surface area contributed by atoms with Crippen LogP contribution in [0.1, 0.15) is 58.3 Å². The summed E-state index contributed by atoms with van der Waals surface area (Å²) in [5.41, 5.74) is 0. The predicted molar refractivity (Wildman–Crippen MR) is 90.5 cm³/mol. The molecule has 2 saturated heterocycles. The number of nitrogens with zero attached hydrogens (tertiary/aromatic N) is 2. The molecule has 6 heteroatoms. The molecule has 3 rings (SSSR count). The van der Waals surface area contributed by atoms with Crippen LogP contribution in [0.4, 0.5) is 0 Å². The lowest BCUT2D eigenvalue weighted by Gasteiger charge is -2.37. The lowest BCUT2D eigenvalue weighted by Crippen LogP contribution is -2.49. The normalized spacial score (nSPS) is 29.1. The molecule has 1 unspecified atom stereocenters. The van der Waals surface area contributed by atoms with Crippen molar-refractivity contribution in [2.75, 3.05) is 26.2 Å². The van der Waals surface area contributed by atoms with E-state index in [-0.39, 0.29) is 17.1 Å². The SMILES string of the molecule is CC1CCN(C(=O)C2CCCN(S(=O)(=O)C3CCCC3)C2)CC1. The summed E-state index contributed by atoms with van der Waals surface area (Å²) in [7, 11) is -3.21. The van der Waals surface area contributed by atoms with Crippen LogP contribution in [0.15, 0.2) is 0 Å². The maximum Gasteiger partial charge on any atom is 0.227 e. The molecule has 1 atom stereocenters. The van der Waals surface area contributed by atoms with Crippen LogP contribution in [-0.2, 0) is 14.8 Å². The summed E-state index contributed by atoms with van der Waals surface area (Å²) in [5.74, 6) is 0.751. The van der Waals surface area contributed by atoms with E-state index < -0.39 is 10.0 Å². The second-order valence-corrected chi connectivity index (χ2v) is 9.87. The summed E-state index contributed by atoms with van der Waals surface area (Å²) in [6.07, 6.45) is 7.42. The van der Waals surface area contributed by atoms with Gasteiger partial charge in [-0.3, -0.25) is 4.79 Å². The van der Waals surface area contributed by atoms with Crippen LogP contribution in [0.5, 0.6) is 0 Å². The molecule has 23 heavy (non-hydrogen) atoms. The van der Waals surface area contributed by atoms with E-state index in [4.69, 9.17) is 0 Å². The third-order valence-electron chi connectivity index (χ3n) is 5.91. The largest absolute Gasteiger partial charge is 0.342 e. The number of hydrogen-bond acceptors (Lipinski definition) is 3. The highest BCUT2D eigenvalue weighted by atomic mass is 32.2. The van der Waals surface area contributed by atoms with E-state index in [0.29, 0.717) is 19.0 Å². The third-order valence-corrected chi connectivity index (χ3v) is 8.28. The van der Waals surface area contributed by atoms with Gasteiger partial charge in [0.15, 0.2) is 0 Å². The maximum absolute atomic E-state index is 12.8. The summed E-state index contributed by atoms with van der Waals surface area (Å²) < 4.78 is 27.2. The van der Waals surface area contributed by atoms with Crippen molar-refractivity contribution < 1.29 is 13.2 Å². The van der Waals surface area contributed by atoms with Crippen LogP contribution in [0.25, 0.3) is 0 Å². The van der Waals surface area contributed by atoms with Gasteiger partial charge in [0.25, 0.3) is 0 Å². The second-order valence-electron chi connectivity index (χ2n) is 7.66. The third kappa shape index (κ3) is 3.73. The number of sulfonamides is 1. The van der Waals surface area contributed by atoms with Crippen LogP contribution in [0, 0.1) is 11.8 Å². The summed E-state index contributed by atoms with van der Waals surface area (Å²) in [5, 5.41) is -0.202. The molecule has 2 heterocycles. The molecule has 1 saturated carbocycles. The van der Waals surface area contributed by atoms with Crippen molar-refractivity contribution in [3.05, 3.63) is 0 Å². The smallest absolute Gasteiger partial charge is 0.227 e. The number of rotatable bonds is 3. The molecule has 0 aromatic heterocycles. The Morgan fingerprint density at radius 1 is 0.913 bits per heavy atom. The van der Waals surface area contributed by atoms with Gasteiger partial charge in [-0.2, -0.15) is 0 Å². The first-order chi connectivity index (χ1) is 11.0. The molecule has 5 nitrogen and oxygen atoms in total. The Labute approximate surface area is 140 Å². The molecule has 3 fully saturated rings. The van der Waals surface area contributed by atoms with Crippen molar-refractivity contribution >= 4 is 15.9 Å². The van der Waals surface area contributed by atoms with Crippen molar-refractivity contribution in [3.63, 3.8) is 0 Å². The number of piperidine rings is 2. The van der Waals surface area contributed by atoms with Gasteiger partial charge in [0.05, 0.1) is 11.2 Å². The summed E-state index contributed by atoms with van der Waals surface area (Å²) in [4.78, 5) is 14.7. The lowest BCUT2D eigenvalue weighted by atomic mass is 9.94. The quantitative estimate of drug-likeness (QED) is 0.790. The van der Waals surface area contributed by atoms with Gasteiger partial charge in [-0.05, 0) is 44.4 Å². The Morgan fingerprint density at radius 3 is 2.22 bits per heavy atom. The van der Waals surface area contributed by atoms with E-state index in [0.717, 1.165) is 64.5 Å². The van der Waals surface area contributed by atoms with Gasteiger partial charge in [0.2, 0.25) is 15.9 Å². The molecule has 0 bridgehead atoms. The molecule has 1 amide bonds. The van der Waals surface area contributed by atoms with Crippen molar-refractivity contribution in [1.82, 2.24) is 9.21 Å². The molecular formula is C17H30N2O3S. The molecule has 0 aromatic rings. The fourth-order valence-corrected chi connectivity index (χ4v) is 6.38. The van der Waals surface area contributed by atoms with E-state index in [2.05, 4.69) is 6.92 Å². The molecule has 1 aliphatic carbocycles. The van der Waals surface area contributed by atoms with Gasteiger partial charge in [-0.1, -0.05) is 19.8 Å². The van der Waals surface area contributed by atoms with Gasteiger partial charge in [0, 0.05) is 26.2 Å². The van der Waals surface area contributed by atoms with Gasteiger partial charge < -0.3 is 4.90 Å². The van der Waals surface area contributed by atoms with E-state index in [1.54, 1.807) is 4.31 Å². The molecular weight excluding hydrogens is 312 g/mol.